The molecule has 0 unspecified atom stereocenters. The number of nitrogens with one attached hydrogen (secondary N) is 2. The number of amides is 1. The summed E-state index contributed by atoms with van der Waals surface area (Å²) < 4.78 is 38.6. The molecule has 0 saturated carbocycles. The topological polar surface area (TPSA) is 93.7 Å². The molecular formula is C21H22N2O5S2. The minimum absolute atomic E-state index is 0.152. The fraction of sp³-hybridized carbons (Fsp3) is 0.190. The van der Waals surface area contributed by atoms with Crippen LogP contribution >= 0.6 is 11.3 Å². The minimum Gasteiger partial charge on any atom is -0.493 e. The Morgan fingerprint density at radius 1 is 1.00 bits per heavy atom. The van der Waals surface area contributed by atoms with Crippen LogP contribution in [0.25, 0.3) is 0 Å². The van der Waals surface area contributed by atoms with Gasteiger partial charge >= 0.3 is 0 Å². The molecule has 0 fully saturated rings. The third-order valence-corrected chi connectivity index (χ3v) is 7.18. The number of carbonyl (C=O) groups excluding carboxylic acids is 1. The summed E-state index contributed by atoms with van der Waals surface area (Å²) >= 11 is 1.09. The van der Waals surface area contributed by atoms with Crippen LogP contribution in [-0.4, -0.2) is 34.6 Å². The first-order valence-corrected chi connectivity index (χ1v) is 11.4. The molecule has 7 nitrogen and oxygen atoms in total. The number of benzene rings is 2. The normalized spacial score (nSPS) is 12.2. The Bertz CT molecular complexity index is 1080. The van der Waals surface area contributed by atoms with Gasteiger partial charge < -0.3 is 14.8 Å². The Morgan fingerprint density at radius 3 is 2.37 bits per heavy atom. The van der Waals surface area contributed by atoms with Gasteiger partial charge in [0.1, 0.15) is 10.3 Å². The molecule has 1 atom stereocenters. The van der Waals surface area contributed by atoms with Gasteiger partial charge in [-0.25, -0.2) is 8.42 Å². The highest BCUT2D eigenvalue weighted by Crippen LogP contribution is 2.30. The van der Waals surface area contributed by atoms with Crippen LogP contribution in [0.15, 0.2) is 70.3 Å². The zero-order valence-electron chi connectivity index (χ0n) is 16.5. The number of rotatable bonds is 9. The summed E-state index contributed by atoms with van der Waals surface area (Å²) in [6, 6.07) is 16.3. The first-order valence-electron chi connectivity index (χ1n) is 9.05. The lowest BCUT2D eigenvalue weighted by Gasteiger charge is -2.19. The molecule has 1 heterocycles. The molecule has 0 bridgehead atoms. The Labute approximate surface area is 179 Å². The van der Waals surface area contributed by atoms with Crippen molar-refractivity contribution in [3.8, 4) is 11.5 Å². The lowest BCUT2D eigenvalue weighted by Crippen LogP contribution is -2.45. The summed E-state index contributed by atoms with van der Waals surface area (Å²) in [5.74, 6) is 0.495. The maximum absolute atomic E-state index is 13.0. The van der Waals surface area contributed by atoms with Crippen molar-refractivity contribution < 1.29 is 22.7 Å². The largest absolute Gasteiger partial charge is 0.493 e. The van der Waals surface area contributed by atoms with Crippen LogP contribution in [0.3, 0.4) is 0 Å². The summed E-state index contributed by atoms with van der Waals surface area (Å²) in [7, 11) is -0.818. The molecule has 1 amide bonds. The van der Waals surface area contributed by atoms with Crippen molar-refractivity contribution in [3.63, 3.8) is 0 Å². The summed E-state index contributed by atoms with van der Waals surface area (Å²) in [5.41, 5.74) is 1.30. The summed E-state index contributed by atoms with van der Waals surface area (Å²) in [6.45, 7) is 0. The van der Waals surface area contributed by atoms with E-state index in [1.54, 1.807) is 29.6 Å². The molecule has 1 aromatic heterocycles. The quantitative estimate of drug-likeness (QED) is 0.526. The van der Waals surface area contributed by atoms with E-state index in [4.69, 9.17) is 9.47 Å². The van der Waals surface area contributed by atoms with E-state index < -0.39 is 22.0 Å². The van der Waals surface area contributed by atoms with Gasteiger partial charge in [-0.15, -0.1) is 11.3 Å². The number of methoxy groups -OCH3 is 2. The van der Waals surface area contributed by atoms with Gasteiger partial charge in [0.25, 0.3) is 10.0 Å². The van der Waals surface area contributed by atoms with Crippen molar-refractivity contribution in [2.45, 2.75) is 16.7 Å². The highest BCUT2D eigenvalue weighted by molar-refractivity contribution is 7.91. The summed E-state index contributed by atoms with van der Waals surface area (Å²) in [5, 5.41) is 4.43. The Morgan fingerprint density at radius 2 is 1.73 bits per heavy atom. The predicted molar refractivity (Wildman–Crippen MR) is 117 cm³/mol. The van der Waals surface area contributed by atoms with Gasteiger partial charge in [0.2, 0.25) is 5.91 Å². The van der Waals surface area contributed by atoms with E-state index in [1.165, 1.54) is 20.3 Å². The third-order valence-electron chi connectivity index (χ3n) is 4.31. The second-order valence-corrected chi connectivity index (χ2v) is 9.24. The molecule has 3 aromatic rings. The average Bonchev–Trinajstić information content (AvgIpc) is 3.30. The van der Waals surface area contributed by atoms with E-state index in [0.29, 0.717) is 17.2 Å². The van der Waals surface area contributed by atoms with E-state index in [1.807, 2.05) is 30.3 Å². The number of anilines is 1. The number of ether oxygens (including phenoxy) is 2. The number of carbonyl (C=O) groups is 1. The van der Waals surface area contributed by atoms with Crippen LogP contribution in [0.4, 0.5) is 5.69 Å². The standard InChI is InChI=1S/C21H22N2O5S2/c1-27-18-11-10-16(14-19(18)28-2)22-21(24)17(13-15-7-4-3-5-8-15)23-30(25,26)20-9-6-12-29-20/h3-12,14,17,23H,13H2,1-2H3,(H,22,24)/t17-/m0/s1. The minimum atomic E-state index is -3.83. The number of hydrogen-bond donors (Lipinski definition) is 2. The molecule has 0 spiro atoms. The third kappa shape index (κ3) is 5.38. The zero-order chi connectivity index (χ0) is 21.6. The molecule has 30 heavy (non-hydrogen) atoms. The van der Waals surface area contributed by atoms with Gasteiger partial charge in [-0.3, -0.25) is 4.79 Å². The lowest BCUT2D eigenvalue weighted by atomic mass is 10.1. The van der Waals surface area contributed by atoms with Crippen molar-refractivity contribution >= 4 is 33.0 Å². The SMILES string of the molecule is COc1ccc(NC(=O)[C@H](Cc2ccccc2)NS(=O)(=O)c2cccs2)cc1OC. The van der Waals surface area contributed by atoms with Gasteiger partial charge in [0.05, 0.1) is 14.2 Å². The van der Waals surface area contributed by atoms with Crippen LogP contribution < -0.4 is 19.5 Å². The Hall–Kier alpha value is -2.88. The van der Waals surface area contributed by atoms with E-state index in [2.05, 4.69) is 10.0 Å². The van der Waals surface area contributed by atoms with E-state index in [9.17, 15) is 13.2 Å². The van der Waals surface area contributed by atoms with Gasteiger partial charge in [-0.05, 0) is 35.6 Å². The molecule has 0 aliphatic rings. The zero-order valence-corrected chi connectivity index (χ0v) is 18.1. The number of thiophene rings is 1. The highest BCUT2D eigenvalue weighted by atomic mass is 32.2. The van der Waals surface area contributed by atoms with Crippen LogP contribution in [-0.2, 0) is 21.2 Å². The van der Waals surface area contributed by atoms with Crippen LogP contribution in [0, 0.1) is 0 Å². The monoisotopic (exact) mass is 446 g/mol. The molecule has 0 saturated heterocycles. The molecule has 0 radical (unpaired) electrons. The average molecular weight is 447 g/mol. The molecule has 0 aliphatic heterocycles. The second kappa shape index (κ2) is 9.75. The summed E-state index contributed by atoms with van der Waals surface area (Å²) in [6.07, 6.45) is 0.199. The number of hydrogen-bond acceptors (Lipinski definition) is 6. The van der Waals surface area contributed by atoms with Crippen LogP contribution in [0.1, 0.15) is 5.56 Å². The molecule has 158 valence electrons. The first-order chi connectivity index (χ1) is 14.4. The van der Waals surface area contributed by atoms with Gasteiger partial charge in [-0.2, -0.15) is 4.72 Å². The molecule has 9 heteroatoms. The van der Waals surface area contributed by atoms with E-state index in [0.717, 1.165) is 16.9 Å². The Kier molecular flexibility index (Phi) is 7.09. The maximum atomic E-state index is 13.0. The van der Waals surface area contributed by atoms with Crippen LogP contribution in [0.5, 0.6) is 11.5 Å². The highest BCUT2D eigenvalue weighted by Gasteiger charge is 2.27. The van der Waals surface area contributed by atoms with Crippen molar-refractivity contribution in [2.24, 2.45) is 0 Å². The number of sulfonamides is 1. The Balaban J connectivity index is 1.84. The molecule has 2 N–H and O–H groups in total. The predicted octanol–water partition coefficient (Wildman–Crippen LogP) is 3.29. The fourth-order valence-corrected chi connectivity index (χ4v) is 5.05. The van der Waals surface area contributed by atoms with Gasteiger partial charge in [0, 0.05) is 11.8 Å². The van der Waals surface area contributed by atoms with Crippen molar-refractivity contribution in [3.05, 3.63) is 71.6 Å². The fourth-order valence-electron chi connectivity index (χ4n) is 2.84. The molecule has 0 aliphatic carbocycles. The van der Waals surface area contributed by atoms with Crippen molar-refractivity contribution in [1.29, 1.82) is 0 Å². The van der Waals surface area contributed by atoms with E-state index in [-0.39, 0.29) is 10.6 Å². The van der Waals surface area contributed by atoms with Crippen molar-refractivity contribution in [2.75, 3.05) is 19.5 Å². The first kappa shape index (κ1) is 21.8. The summed E-state index contributed by atoms with van der Waals surface area (Å²) in [4.78, 5) is 13.0. The van der Waals surface area contributed by atoms with E-state index >= 15 is 0 Å². The van der Waals surface area contributed by atoms with Crippen molar-refractivity contribution in [1.82, 2.24) is 4.72 Å². The smallest absolute Gasteiger partial charge is 0.250 e. The maximum Gasteiger partial charge on any atom is 0.250 e. The van der Waals surface area contributed by atoms with Gasteiger partial charge in [-0.1, -0.05) is 36.4 Å². The second-order valence-electron chi connectivity index (χ2n) is 6.35. The van der Waals surface area contributed by atoms with Crippen LogP contribution in [0.2, 0.25) is 0 Å². The lowest BCUT2D eigenvalue weighted by molar-refractivity contribution is -0.117. The molecule has 2 aromatic carbocycles. The molecular weight excluding hydrogens is 424 g/mol. The molecule has 3 rings (SSSR count). The van der Waals surface area contributed by atoms with Gasteiger partial charge in [0.15, 0.2) is 11.5 Å².